The molecule has 1 aromatic carbocycles. The number of hydrogen-bond donors (Lipinski definition) is 3. The molecule has 7 heteroatoms. The van der Waals surface area contributed by atoms with Gasteiger partial charge in [-0.05, 0) is 40.5 Å². The lowest BCUT2D eigenvalue weighted by Gasteiger charge is -2.14. The lowest BCUT2D eigenvalue weighted by atomic mass is 10.2. The number of rotatable bonds is 7. The molecule has 0 saturated heterocycles. The zero-order chi connectivity index (χ0) is 15.1. The summed E-state index contributed by atoms with van der Waals surface area (Å²) >= 11 is 3.31. The second-order valence-corrected chi connectivity index (χ2v) is 5.05. The first-order valence-corrected chi connectivity index (χ1v) is 6.75. The van der Waals surface area contributed by atoms with Gasteiger partial charge >= 0.3 is 5.97 Å². The number of aliphatic hydroxyl groups is 1. The lowest BCUT2D eigenvalue weighted by Crippen LogP contribution is -2.43. The van der Waals surface area contributed by atoms with E-state index in [1.165, 1.54) is 0 Å². The molecule has 0 aliphatic carbocycles. The number of nitrogens with one attached hydrogen (secondary N) is 1. The number of carboxylic acid groups (broad SMARTS) is 1. The maximum atomic E-state index is 11.6. The van der Waals surface area contributed by atoms with Crippen molar-refractivity contribution in [3.63, 3.8) is 0 Å². The Bertz CT molecular complexity index is 492. The predicted molar refractivity (Wildman–Crippen MR) is 75.6 cm³/mol. The Morgan fingerprint density at radius 3 is 2.70 bits per heavy atom. The molecule has 110 valence electrons. The molecule has 0 heterocycles. The first-order chi connectivity index (χ1) is 9.43. The minimum Gasteiger partial charge on any atom is -0.483 e. The minimum atomic E-state index is -1.19. The highest BCUT2D eigenvalue weighted by atomic mass is 79.9. The van der Waals surface area contributed by atoms with E-state index in [0.717, 1.165) is 10.0 Å². The van der Waals surface area contributed by atoms with Crippen LogP contribution in [0.15, 0.2) is 22.7 Å². The molecule has 1 amide bonds. The van der Waals surface area contributed by atoms with Crippen molar-refractivity contribution < 1.29 is 24.5 Å². The fourth-order valence-corrected chi connectivity index (χ4v) is 2.10. The molecule has 1 aromatic rings. The highest BCUT2D eigenvalue weighted by Gasteiger charge is 2.19. The number of aliphatic carboxylic acids is 1. The third-order valence-corrected chi connectivity index (χ3v) is 3.12. The van der Waals surface area contributed by atoms with Crippen molar-refractivity contribution in [2.75, 3.05) is 13.2 Å². The first-order valence-electron chi connectivity index (χ1n) is 5.96. The highest BCUT2D eigenvalue weighted by molar-refractivity contribution is 9.10. The molecule has 1 atom stereocenters. The quantitative estimate of drug-likeness (QED) is 0.687. The van der Waals surface area contributed by atoms with E-state index in [1.54, 1.807) is 6.07 Å². The average molecular weight is 346 g/mol. The predicted octanol–water partition coefficient (Wildman–Crippen LogP) is 1.09. The molecule has 3 N–H and O–H groups in total. The molecule has 20 heavy (non-hydrogen) atoms. The van der Waals surface area contributed by atoms with Gasteiger partial charge in [-0.15, -0.1) is 0 Å². The van der Waals surface area contributed by atoms with Crippen LogP contribution in [0.2, 0.25) is 0 Å². The van der Waals surface area contributed by atoms with Crippen molar-refractivity contribution in [3.8, 4) is 5.75 Å². The first kappa shape index (κ1) is 16.5. The van der Waals surface area contributed by atoms with Crippen LogP contribution in [0.3, 0.4) is 0 Å². The van der Waals surface area contributed by atoms with E-state index in [9.17, 15) is 9.59 Å². The second-order valence-electron chi connectivity index (χ2n) is 4.19. The summed E-state index contributed by atoms with van der Waals surface area (Å²) in [6.45, 7) is 1.31. The summed E-state index contributed by atoms with van der Waals surface area (Å²) in [5, 5.41) is 19.8. The van der Waals surface area contributed by atoms with Crippen molar-refractivity contribution >= 4 is 27.8 Å². The number of amides is 1. The van der Waals surface area contributed by atoms with E-state index in [1.807, 2.05) is 19.1 Å². The highest BCUT2D eigenvalue weighted by Crippen LogP contribution is 2.25. The zero-order valence-corrected chi connectivity index (χ0v) is 12.5. The third kappa shape index (κ3) is 5.18. The van der Waals surface area contributed by atoms with Crippen LogP contribution >= 0.6 is 15.9 Å². The molecule has 0 radical (unpaired) electrons. The number of carbonyl (C=O) groups excluding carboxylic acids is 1. The molecule has 0 bridgehead atoms. The summed E-state index contributed by atoms with van der Waals surface area (Å²) in [5.74, 6) is -1.25. The van der Waals surface area contributed by atoms with Crippen molar-refractivity contribution in [2.45, 2.75) is 19.4 Å². The van der Waals surface area contributed by atoms with Crippen LogP contribution in [0.1, 0.15) is 12.0 Å². The standard InChI is InChI=1S/C13H16BrNO5/c1-8-2-3-11(9(14)6-8)20-7-12(17)15-10(4-5-16)13(18)19/h2-3,6,10,16H,4-5,7H2,1H3,(H,15,17)(H,18,19)/t10-/m0/s1. The number of hydrogen-bond acceptors (Lipinski definition) is 4. The van der Waals surface area contributed by atoms with Gasteiger partial charge < -0.3 is 20.3 Å². The van der Waals surface area contributed by atoms with Crippen LogP contribution in [-0.2, 0) is 9.59 Å². The molecule has 1 rings (SSSR count). The van der Waals surface area contributed by atoms with Crippen molar-refractivity contribution in [1.29, 1.82) is 0 Å². The summed E-state index contributed by atoms with van der Waals surface area (Å²) in [5.41, 5.74) is 1.04. The Kier molecular flexibility index (Phi) is 6.47. The van der Waals surface area contributed by atoms with Crippen LogP contribution < -0.4 is 10.1 Å². The number of aliphatic hydroxyl groups excluding tert-OH is 1. The Hall–Kier alpha value is -1.60. The Labute approximate surface area is 124 Å². The fraction of sp³-hybridized carbons (Fsp3) is 0.385. The molecule has 0 unspecified atom stereocenters. The molecule has 0 saturated carbocycles. The Morgan fingerprint density at radius 2 is 2.15 bits per heavy atom. The van der Waals surface area contributed by atoms with E-state index < -0.39 is 17.9 Å². The van der Waals surface area contributed by atoms with Crippen LogP contribution in [0.25, 0.3) is 0 Å². The van der Waals surface area contributed by atoms with Gasteiger partial charge in [-0.25, -0.2) is 4.79 Å². The molecular formula is C13H16BrNO5. The number of aryl methyl sites for hydroxylation is 1. The largest absolute Gasteiger partial charge is 0.483 e. The molecule has 6 nitrogen and oxygen atoms in total. The van der Waals surface area contributed by atoms with Crippen LogP contribution in [0, 0.1) is 6.92 Å². The van der Waals surface area contributed by atoms with Crippen molar-refractivity contribution in [1.82, 2.24) is 5.32 Å². The zero-order valence-electron chi connectivity index (χ0n) is 10.9. The SMILES string of the molecule is Cc1ccc(OCC(=O)N[C@@H](CCO)C(=O)O)c(Br)c1. The van der Waals surface area contributed by atoms with E-state index in [4.69, 9.17) is 14.9 Å². The van der Waals surface area contributed by atoms with E-state index in [-0.39, 0.29) is 19.6 Å². The van der Waals surface area contributed by atoms with E-state index in [2.05, 4.69) is 21.2 Å². The topological polar surface area (TPSA) is 95.9 Å². The maximum Gasteiger partial charge on any atom is 0.326 e. The molecule has 0 spiro atoms. The molecular weight excluding hydrogens is 330 g/mol. The van der Waals surface area contributed by atoms with Gasteiger partial charge in [-0.1, -0.05) is 6.07 Å². The normalized spacial score (nSPS) is 11.8. The van der Waals surface area contributed by atoms with Crippen molar-refractivity contribution in [3.05, 3.63) is 28.2 Å². The second kappa shape index (κ2) is 7.86. The molecule has 0 fully saturated rings. The third-order valence-electron chi connectivity index (χ3n) is 2.50. The van der Waals surface area contributed by atoms with E-state index in [0.29, 0.717) is 5.75 Å². The molecule has 0 aromatic heterocycles. The smallest absolute Gasteiger partial charge is 0.326 e. The number of carbonyl (C=O) groups is 2. The van der Waals surface area contributed by atoms with Gasteiger partial charge in [0.05, 0.1) is 4.47 Å². The summed E-state index contributed by atoms with van der Waals surface area (Å²) in [7, 11) is 0. The van der Waals surface area contributed by atoms with Gasteiger partial charge in [0.25, 0.3) is 5.91 Å². The van der Waals surface area contributed by atoms with Crippen LogP contribution in [0.4, 0.5) is 0 Å². The van der Waals surface area contributed by atoms with Gasteiger partial charge in [-0.2, -0.15) is 0 Å². The van der Waals surface area contributed by atoms with Crippen LogP contribution in [-0.4, -0.2) is 41.3 Å². The fourth-order valence-electron chi connectivity index (χ4n) is 1.49. The van der Waals surface area contributed by atoms with Gasteiger partial charge in [-0.3, -0.25) is 4.79 Å². The summed E-state index contributed by atoms with van der Waals surface area (Å²) < 4.78 is 6.02. The van der Waals surface area contributed by atoms with Gasteiger partial charge in [0.15, 0.2) is 6.61 Å². The molecule has 0 aliphatic rings. The van der Waals surface area contributed by atoms with E-state index >= 15 is 0 Å². The number of ether oxygens (including phenoxy) is 1. The summed E-state index contributed by atoms with van der Waals surface area (Å²) in [4.78, 5) is 22.4. The monoisotopic (exact) mass is 345 g/mol. The lowest BCUT2D eigenvalue weighted by molar-refractivity contribution is -0.142. The summed E-state index contributed by atoms with van der Waals surface area (Å²) in [6.07, 6.45) is -0.0463. The van der Waals surface area contributed by atoms with Gasteiger partial charge in [0, 0.05) is 13.0 Å². The minimum absolute atomic E-state index is 0.0463. The van der Waals surface area contributed by atoms with Gasteiger partial charge in [0.1, 0.15) is 11.8 Å². The maximum absolute atomic E-state index is 11.6. The average Bonchev–Trinajstić information content (AvgIpc) is 2.37. The Morgan fingerprint density at radius 1 is 1.45 bits per heavy atom. The van der Waals surface area contributed by atoms with Gasteiger partial charge in [0.2, 0.25) is 0 Å². The summed E-state index contributed by atoms with van der Waals surface area (Å²) in [6, 6.07) is 4.29. The molecule has 0 aliphatic heterocycles. The number of benzene rings is 1. The van der Waals surface area contributed by atoms with Crippen molar-refractivity contribution in [2.24, 2.45) is 0 Å². The van der Waals surface area contributed by atoms with Crippen LogP contribution in [0.5, 0.6) is 5.75 Å². The number of carboxylic acids is 1. The Balaban J connectivity index is 2.52. The number of halogens is 1.